The number of aromatic nitrogens is 2. The molecule has 33 heavy (non-hydrogen) atoms. The number of benzene rings is 2. The van der Waals surface area contributed by atoms with Crippen molar-refractivity contribution in [2.24, 2.45) is 0 Å². The van der Waals surface area contributed by atoms with Gasteiger partial charge in [0.25, 0.3) is 5.91 Å². The minimum Gasteiger partial charge on any atom is -0.493 e. The van der Waals surface area contributed by atoms with E-state index in [-0.39, 0.29) is 22.4 Å². The quantitative estimate of drug-likeness (QED) is 0.617. The average Bonchev–Trinajstić information content (AvgIpc) is 2.86. The van der Waals surface area contributed by atoms with Crippen LogP contribution in [0.15, 0.2) is 36.4 Å². The van der Waals surface area contributed by atoms with Gasteiger partial charge in [0.05, 0.1) is 37.4 Å². The molecule has 10 nitrogen and oxygen atoms in total. The molecule has 2 N–H and O–H groups in total. The lowest BCUT2D eigenvalue weighted by molar-refractivity contribution is -0.141. The normalized spacial score (nSPS) is 31.1. The van der Waals surface area contributed by atoms with Crippen LogP contribution in [0.1, 0.15) is 17.8 Å². The summed E-state index contributed by atoms with van der Waals surface area (Å²) < 4.78 is 125. The molecule has 10 heteroatoms. The maximum Gasteiger partial charge on any atom is 0.267 e. The van der Waals surface area contributed by atoms with Gasteiger partial charge in [-0.1, -0.05) is 12.1 Å². The molecule has 3 heterocycles. The van der Waals surface area contributed by atoms with Crippen molar-refractivity contribution in [1.82, 2.24) is 14.9 Å². The minimum absolute atomic E-state index is 0.0658. The predicted octanol–water partition coefficient (Wildman–Crippen LogP) is 1.72. The van der Waals surface area contributed by atoms with E-state index in [2.05, 4.69) is 9.97 Å². The number of methoxy groups -OCH3 is 2. The SMILES string of the molecule is [2H]C([2H])([2H])Oc1cc2nc(N3C([2H])([2H])CN(C(=O)C4([2H])Oc5ccccc5OC4([2H])[2H])CC3([2H])[2H])nc(N)c2cc1OC([2H])([2H])[2H]. The Labute approximate surface area is 209 Å². The molecular weight excluding hydrogens is 426 g/mol. The van der Waals surface area contributed by atoms with Crippen molar-refractivity contribution >= 4 is 28.6 Å². The van der Waals surface area contributed by atoms with Crippen molar-refractivity contribution in [2.45, 2.75) is 6.08 Å². The van der Waals surface area contributed by atoms with Crippen LogP contribution in [-0.4, -0.2) is 73.6 Å². The maximum atomic E-state index is 13.6. The van der Waals surface area contributed by atoms with Crippen molar-refractivity contribution in [3.8, 4) is 23.0 Å². The van der Waals surface area contributed by atoms with E-state index >= 15 is 0 Å². The summed E-state index contributed by atoms with van der Waals surface area (Å²) in [6.45, 7) is -10.6. The highest BCUT2D eigenvalue weighted by Crippen LogP contribution is 2.34. The Kier molecular flexibility index (Phi) is 2.79. The number of hydrogen-bond donors (Lipinski definition) is 1. The summed E-state index contributed by atoms with van der Waals surface area (Å²) in [4.78, 5) is 22.8. The van der Waals surface area contributed by atoms with Gasteiger partial charge in [0.1, 0.15) is 12.4 Å². The van der Waals surface area contributed by atoms with Crippen molar-refractivity contribution in [3.63, 3.8) is 0 Å². The van der Waals surface area contributed by atoms with Gasteiger partial charge in [-0.05, 0) is 18.2 Å². The molecule has 0 aliphatic carbocycles. The molecule has 5 rings (SSSR count). The Hall–Kier alpha value is -3.95. The molecule has 0 saturated carbocycles. The van der Waals surface area contributed by atoms with Gasteiger partial charge >= 0.3 is 0 Å². The molecule has 1 unspecified atom stereocenters. The van der Waals surface area contributed by atoms with Crippen molar-refractivity contribution < 1.29 is 41.6 Å². The molecule has 0 radical (unpaired) electrons. The van der Waals surface area contributed by atoms with Crippen LogP contribution >= 0.6 is 0 Å². The summed E-state index contributed by atoms with van der Waals surface area (Å²) in [5, 5.41) is -0.0658. The van der Waals surface area contributed by atoms with Crippen LogP contribution in [0.4, 0.5) is 11.8 Å². The number of nitrogens with two attached hydrogens (primary N) is 1. The Bertz CT molecular complexity index is 1690. The fourth-order valence-corrected chi connectivity index (χ4v) is 3.20. The number of para-hydroxylation sites is 2. The summed E-state index contributed by atoms with van der Waals surface area (Å²) in [5.74, 6) is -3.78. The lowest BCUT2D eigenvalue weighted by Gasteiger charge is -2.37. The number of carbonyl (C=O) groups is 1. The average molecular weight is 465 g/mol. The second-order valence-electron chi connectivity index (χ2n) is 6.82. The van der Waals surface area contributed by atoms with Crippen LogP contribution in [-0.2, 0) is 4.79 Å². The molecule has 0 bridgehead atoms. The molecule has 1 saturated heterocycles. The monoisotopic (exact) mass is 464 g/mol. The number of hydrogen-bond acceptors (Lipinski definition) is 9. The Balaban J connectivity index is 1.52. The first-order valence-electron chi connectivity index (χ1n) is 16.0. The number of piperazine rings is 1. The van der Waals surface area contributed by atoms with Gasteiger partial charge in [-0.15, -0.1) is 0 Å². The van der Waals surface area contributed by atoms with Crippen LogP contribution in [0.2, 0.25) is 0 Å². The second kappa shape index (κ2) is 8.53. The smallest absolute Gasteiger partial charge is 0.267 e. The molecule has 172 valence electrons. The molecule has 3 aromatic rings. The van der Waals surface area contributed by atoms with Crippen molar-refractivity contribution in [1.29, 1.82) is 0 Å². The van der Waals surface area contributed by atoms with E-state index in [4.69, 9.17) is 42.5 Å². The van der Waals surface area contributed by atoms with Crippen LogP contribution in [0, 0.1) is 0 Å². The van der Waals surface area contributed by atoms with Gasteiger partial charge in [-0.2, -0.15) is 4.98 Å². The minimum atomic E-state index is -3.09. The number of anilines is 2. The summed E-state index contributed by atoms with van der Waals surface area (Å²) in [5.41, 5.74) is 5.88. The van der Waals surface area contributed by atoms with E-state index in [1.165, 1.54) is 24.3 Å². The maximum absolute atomic E-state index is 13.6. The van der Waals surface area contributed by atoms with Gasteiger partial charge in [-0.25, -0.2) is 4.98 Å². The Morgan fingerprint density at radius 2 is 1.91 bits per heavy atom. The number of rotatable bonds is 4. The number of ether oxygens (including phenoxy) is 4. The number of fused-ring (bicyclic) bond motifs is 2. The third-order valence-corrected chi connectivity index (χ3v) is 4.83. The lowest BCUT2D eigenvalue weighted by atomic mass is 10.2. The zero-order valence-corrected chi connectivity index (χ0v) is 16.8. The first-order valence-corrected chi connectivity index (χ1v) is 9.49. The van der Waals surface area contributed by atoms with Gasteiger partial charge in [0.15, 0.2) is 23.0 Å². The first-order chi connectivity index (χ1) is 20.9. The highest BCUT2D eigenvalue weighted by Gasteiger charge is 2.33. The van der Waals surface area contributed by atoms with Gasteiger partial charge in [0.2, 0.25) is 12.0 Å². The molecule has 1 amide bonds. The highest BCUT2D eigenvalue weighted by atomic mass is 16.6. The first kappa shape index (κ1) is 10.8. The largest absolute Gasteiger partial charge is 0.493 e. The summed E-state index contributed by atoms with van der Waals surface area (Å²) >= 11 is 0. The summed E-state index contributed by atoms with van der Waals surface area (Å²) in [7, 11) is -6.07. The number of carbonyl (C=O) groups excluding carboxylic acids is 1. The zero-order chi connectivity index (χ0) is 34.3. The highest BCUT2D eigenvalue weighted by molar-refractivity contribution is 5.91. The van der Waals surface area contributed by atoms with Crippen LogP contribution in [0.25, 0.3) is 10.9 Å². The number of amides is 1. The van der Waals surface area contributed by atoms with E-state index < -0.39 is 82.0 Å². The topological polar surface area (TPSA) is 112 Å². The van der Waals surface area contributed by atoms with Crippen LogP contribution in [0.3, 0.4) is 0 Å². The van der Waals surface area contributed by atoms with Crippen LogP contribution < -0.4 is 29.6 Å². The van der Waals surface area contributed by atoms with E-state index in [0.29, 0.717) is 9.80 Å². The van der Waals surface area contributed by atoms with Gasteiger partial charge in [-0.3, -0.25) is 4.79 Å². The standard InChI is InChI=1S/C23H25N5O5/c1-30-18-11-14-15(12-19(18)31-2)25-23(26-21(14)24)28-9-7-27(8-10-28)22(29)20-13-32-16-5-3-4-6-17(16)33-20/h3-6,11-12,20H,7-10,13H2,1-2H3,(H2,24,25,26)/i1D3,2D3,9D2,10D2,13D2,20D. The summed E-state index contributed by atoms with van der Waals surface area (Å²) in [6, 6.07) is 7.69. The van der Waals surface area contributed by atoms with Crippen LogP contribution in [0.5, 0.6) is 23.0 Å². The molecule has 1 fully saturated rings. The Morgan fingerprint density at radius 1 is 1.18 bits per heavy atom. The second-order valence-corrected chi connectivity index (χ2v) is 6.82. The van der Waals surface area contributed by atoms with E-state index in [1.54, 1.807) is 0 Å². The number of nitrogen functional groups attached to an aromatic ring is 1. The van der Waals surface area contributed by atoms with E-state index in [1.807, 2.05) is 0 Å². The molecule has 2 aliphatic heterocycles. The molecule has 1 atom stereocenters. The molecule has 1 aromatic heterocycles. The fourth-order valence-electron chi connectivity index (χ4n) is 3.20. The lowest BCUT2D eigenvalue weighted by Crippen LogP contribution is -2.54. The molecule has 2 aliphatic rings. The fraction of sp³-hybridized carbons (Fsp3) is 0.348. The zero-order valence-electron chi connectivity index (χ0n) is 29.8. The van der Waals surface area contributed by atoms with E-state index in [9.17, 15) is 4.79 Å². The predicted molar refractivity (Wildman–Crippen MR) is 122 cm³/mol. The Morgan fingerprint density at radius 3 is 2.67 bits per heavy atom. The summed E-state index contributed by atoms with van der Waals surface area (Å²) in [6.07, 6.45) is -3.09. The molecule has 2 aromatic carbocycles. The van der Waals surface area contributed by atoms with E-state index in [0.717, 1.165) is 12.1 Å². The molecular formula is C23H25N5O5. The number of nitrogens with zero attached hydrogens (tertiary/aromatic N) is 4. The third-order valence-electron chi connectivity index (χ3n) is 4.83. The third kappa shape index (κ3) is 3.88. The van der Waals surface area contributed by atoms with Gasteiger partial charge in [0, 0.05) is 37.5 Å². The molecule has 0 spiro atoms. The van der Waals surface area contributed by atoms with Crippen molar-refractivity contribution in [3.05, 3.63) is 36.4 Å². The van der Waals surface area contributed by atoms with Crippen molar-refractivity contribution in [2.75, 3.05) is 57.4 Å². The van der Waals surface area contributed by atoms with Gasteiger partial charge < -0.3 is 34.5 Å².